The summed E-state index contributed by atoms with van der Waals surface area (Å²) in [6.45, 7) is 5.16. The normalized spacial score (nSPS) is 9.70. The van der Waals surface area contributed by atoms with Gasteiger partial charge in [-0.2, -0.15) is 0 Å². The van der Waals surface area contributed by atoms with Gasteiger partial charge in [0.2, 0.25) is 5.75 Å². The van der Waals surface area contributed by atoms with Crippen LogP contribution in [0, 0.1) is 10.1 Å². The lowest BCUT2D eigenvalue weighted by molar-refractivity contribution is -0.385. The topological polar surface area (TPSA) is 87.9 Å². The number of nitro groups is 1. The van der Waals surface area contributed by atoms with Crippen LogP contribution in [0.5, 0.6) is 11.5 Å². The van der Waals surface area contributed by atoms with E-state index in [2.05, 4.69) is 6.58 Å². The molecule has 0 aliphatic heterocycles. The highest BCUT2D eigenvalue weighted by molar-refractivity contribution is 5.71. The molecule has 1 aromatic rings. The Morgan fingerprint density at radius 2 is 2.10 bits per heavy atom. The van der Waals surface area contributed by atoms with E-state index < -0.39 is 10.9 Å². The second-order valence-electron chi connectivity index (χ2n) is 4.00. The summed E-state index contributed by atoms with van der Waals surface area (Å²) in [6.07, 6.45) is 0. The number of ether oxygens (including phenoxy) is 3. The minimum absolute atomic E-state index is 0.0582. The minimum Gasteiger partial charge on any atom is -0.490 e. The van der Waals surface area contributed by atoms with Crippen molar-refractivity contribution in [2.75, 3.05) is 20.3 Å². The summed E-state index contributed by atoms with van der Waals surface area (Å²) in [5, 5.41) is 10.7. The Hall–Kier alpha value is -2.57. The van der Waals surface area contributed by atoms with E-state index in [1.807, 2.05) is 0 Å². The van der Waals surface area contributed by atoms with Crippen LogP contribution in [0.1, 0.15) is 6.92 Å². The number of rotatable bonds is 7. The Bertz CT molecular complexity index is 526. The van der Waals surface area contributed by atoms with Gasteiger partial charge >= 0.3 is 11.7 Å². The summed E-state index contributed by atoms with van der Waals surface area (Å²) < 4.78 is 14.9. The number of hydrogen-bond donors (Lipinski definition) is 0. The van der Waals surface area contributed by atoms with Gasteiger partial charge in [-0.1, -0.05) is 6.58 Å². The van der Waals surface area contributed by atoms with E-state index in [1.54, 1.807) is 6.92 Å². The molecule has 0 fully saturated rings. The number of esters is 1. The third-order valence-electron chi connectivity index (χ3n) is 2.18. The molecule has 0 N–H and O–H groups in total. The molecule has 0 heterocycles. The molecule has 0 saturated carbocycles. The number of nitro benzene ring substituents is 1. The standard InChI is InChI=1S/C13H15NO6/c1-9(2)7-20-13(15)8-19-10-4-5-11(14(16)17)12(6-10)18-3/h4-6H,1,7-8H2,2-3H3. The third-order valence-corrected chi connectivity index (χ3v) is 2.18. The Kier molecular flexibility index (Phi) is 5.52. The molecule has 7 nitrogen and oxygen atoms in total. The summed E-state index contributed by atoms with van der Waals surface area (Å²) in [4.78, 5) is 21.5. The highest BCUT2D eigenvalue weighted by atomic mass is 16.6. The van der Waals surface area contributed by atoms with Crippen molar-refractivity contribution in [3.05, 3.63) is 40.5 Å². The van der Waals surface area contributed by atoms with Crippen LogP contribution in [0.2, 0.25) is 0 Å². The van der Waals surface area contributed by atoms with Crippen LogP contribution in [0.3, 0.4) is 0 Å². The van der Waals surface area contributed by atoms with Crippen LogP contribution in [-0.4, -0.2) is 31.2 Å². The Morgan fingerprint density at radius 1 is 1.40 bits per heavy atom. The highest BCUT2D eigenvalue weighted by Crippen LogP contribution is 2.30. The second kappa shape index (κ2) is 7.13. The fourth-order valence-electron chi connectivity index (χ4n) is 1.29. The molecule has 0 unspecified atom stereocenters. The maximum atomic E-state index is 11.3. The quantitative estimate of drug-likeness (QED) is 0.329. The van der Waals surface area contributed by atoms with Crippen molar-refractivity contribution >= 4 is 11.7 Å². The molecule has 0 saturated heterocycles. The van der Waals surface area contributed by atoms with Gasteiger partial charge in [-0.3, -0.25) is 10.1 Å². The number of carbonyl (C=O) groups excluding carboxylic acids is 1. The number of hydrogen-bond acceptors (Lipinski definition) is 6. The van der Waals surface area contributed by atoms with Gasteiger partial charge in [-0.05, 0) is 18.6 Å². The van der Waals surface area contributed by atoms with Gasteiger partial charge in [-0.25, -0.2) is 4.79 Å². The molecular weight excluding hydrogens is 266 g/mol. The lowest BCUT2D eigenvalue weighted by atomic mass is 10.3. The second-order valence-corrected chi connectivity index (χ2v) is 4.00. The molecule has 0 amide bonds. The van der Waals surface area contributed by atoms with E-state index in [4.69, 9.17) is 14.2 Å². The Morgan fingerprint density at radius 3 is 2.65 bits per heavy atom. The van der Waals surface area contributed by atoms with E-state index in [0.29, 0.717) is 0 Å². The van der Waals surface area contributed by atoms with E-state index in [0.717, 1.165) is 5.57 Å². The van der Waals surface area contributed by atoms with Crippen molar-refractivity contribution in [3.8, 4) is 11.5 Å². The molecule has 0 aliphatic rings. The van der Waals surface area contributed by atoms with Crippen molar-refractivity contribution in [3.63, 3.8) is 0 Å². The average molecular weight is 281 g/mol. The minimum atomic E-state index is -0.566. The number of carbonyl (C=O) groups is 1. The van der Waals surface area contributed by atoms with Crippen molar-refractivity contribution in [2.24, 2.45) is 0 Å². The number of methoxy groups -OCH3 is 1. The van der Waals surface area contributed by atoms with Gasteiger partial charge < -0.3 is 14.2 Å². The number of benzene rings is 1. The zero-order valence-electron chi connectivity index (χ0n) is 11.3. The van der Waals surface area contributed by atoms with Gasteiger partial charge in [-0.15, -0.1) is 0 Å². The molecule has 0 bridgehead atoms. The van der Waals surface area contributed by atoms with Crippen LogP contribution >= 0.6 is 0 Å². The van der Waals surface area contributed by atoms with Crippen LogP contribution in [0.15, 0.2) is 30.4 Å². The summed E-state index contributed by atoms with van der Waals surface area (Å²) in [5.41, 5.74) is 0.542. The SMILES string of the molecule is C=C(C)COC(=O)COc1ccc([N+](=O)[O-])c(OC)c1. The number of nitrogens with zero attached hydrogens (tertiary/aromatic N) is 1. The first-order valence-electron chi connectivity index (χ1n) is 5.69. The van der Waals surface area contributed by atoms with E-state index >= 15 is 0 Å². The maximum Gasteiger partial charge on any atom is 0.344 e. The smallest absolute Gasteiger partial charge is 0.344 e. The fourth-order valence-corrected chi connectivity index (χ4v) is 1.29. The summed E-state index contributed by atoms with van der Waals surface area (Å²) in [6, 6.07) is 3.96. The zero-order chi connectivity index (χ0) is 15.1. The lowest BCUT2D eigenvalue weighted by Crippen LogP contribution is -2.15. The van der Waals surface area contributed by atoms with Crippen molar-refractivity contribution in [1.29, 1.82) is 0 Å². The molecule has 0 radical (unpaired) electrons. The highest BCUT2D eigenvalue weighted by Gasteiger charge is 2.15. The van der Waals surface area contributed by atoms with Gasteiger partial charge in [0.05, 0.1) is 12.0 Å². The summed E-state index contributed by atoms with van der Waals surface area (Å²) in [5.74, 6) is -0.215. The zero-order valence-corrected chi connectivity index (χ0v) is 11.3. The van der Waals surface area contributed by atoms with Crippen LogP contribution in [0.4, 0.5) is 5.69 Å². The van der Waals surface area contributed by atoms with Crippen LogP contribution in [-0.2, 0) is 9.53 Å². The molecule has 20 heavy (non-hydrogen) atoms. The van der Waals surface area contributed by atoms with Gasteiger partial charge in [0.25, 0.3) is 0 Å². The van der Waals surface area contributed by atoms with E-state index in [-0.39, 0.29) is 30.4 Å². The maximum absolute atomic E-state index is 11.3. The molecule has 1 aromatic carbocycles. The van der Waals surface area contributed by atoms with Crippen molar-refractivity contribution in [1.82, 2.24) is 0 Å². The Labute approximate surface area is 115 Å². The molecule has 0 atom stereocenters. The third kappa shape index (κ3) is 4.60. The van der Waals surface area contributed by atoms with Crippen molar-refractivity contribution in [2.45, 2.75) is 6.92 Å². The molecule has 108 valence electrons. The fraction of sp³-hybridized carbons (Fsp3) is 0.308. The van der Waals surface area contributed by atoms with Crippen LogP contribution in [0.25, 0.3) is 0 Å². The molecule has 0 aromatic heterocycles. The summed E-state index contributed by atoms with van der Waals surface area (Å²) in [7, 11) is 1.31. The Balaban J connectivity index is 2.63. The first kappa shape index (κ1) is 15.5. The monoisotopic (exact) mass is 281 g/mol. The van der Waals surface area contributed by atoms with Crippen molar-refractivity contribution < 1.29 is 23.9 Å². The largest absolute Gasteiger partial charge is 0.490 e. The molecule has 0 spiro atoms. The van der Waals surface area contributed by atoms with Crippen LogP contribution < -0.4 is 9.47 Å². The van der Waals surface area contributed by atoms with Gasteiger partial charge in [0.1, 0.15) is 12.4 Å². The molecule has 0 aliphatic carbocycles. The first-order chi connectivity index (χ1) is 9.43. The predicted molar refractivity (Wildman–Crippen MR) is 70.9 cm³/mol. The molecular formula is C13H15NO6. The predicted octanol–water partition coefficient (Wildman–Crippen LogP) is 2.10. The lowest BCUT2D eigenvalue weighted by Gasteiger charge is -2.08. The molecule has 1 rings (SSSR count). The van der Waals surface area contributed by atoms with E-state index in [9.17, 15) is 14.9 Å². The first-order valence-corrected chi connectivity index (χ1v) is 5.69. The average Bonchev–Trinajstić information content (AvgIpc) is 2.42. The molecule has 7 heteroatoms. The summed E-state index contributed by atoms with van der Waals surface area (Å²) >= 11 is 0. The van der Waals surface area contributed by atoms with Gasteiger partial charge in [0.15, 0.2) is 6.61 Å². The van der Waals surface area contributed by atoms with Gasteiger partial charge in [0, 0.05) is 12.1 Å². The van der Waals surface area contributed by atoms with E-state index in [1.165, 1.54) is 25.3 Å².